The van der Waals surface area contributed by atoms with Crippen LogP contribution >= 0.6 is 0 Å². The van der Waals surface area contributed by atoms with Crippen molar-refractivity contribution in [2.24, 2.45) is 23.5 Å². The number of hydrogen-bond acceptors (Lipinski definition) is 3. The summed E-state index contributed by atoms with van der Waals surface area (Å²) in [4.78, 5) is 4.28. The second-order valence-electron chi connectivity index (χ2n) is 6.67. The van der Waals surface area contributed by atoms with E-state index < -0.39 is 0 Å². The molecule has 4 nitrogen and oxygen atoms in total. The lowest BCUT2D eigenvalue weighted by molar-refractivity contribution is 0.264. The SMILES string of the molecule is CC(C)C(CNC(CN)c1cncn1C(C)C)C(C)C. The summed E-state index contributed by atoms with van der Waals surface area (Å²) < 4.78 is 2.20. The van der Waals surface area contributed by atoms with Crippen LogP contribution in [0.1, 0.15) is 59.3 Å². The van der Waals surface area contributed by atoms with Crippen molar-refractivity contribution in [2.45, 2.75) is 53.6 Å². The first-order chi connectivity index (χ1) is 9.38. The van der Waals surface area contributed by atoms with Gasteiger partial charge in [0.2, 0.25) is 0 Å². The second-order valence-corrected chi connectivity index (χ2v) is 6.67. The molecule has 3 N–H and O–H groups in total. The van der Waals surface area contributed by atoms with Crippen LogP contribution in [0.15, 0.2) is 12.5 Å². The molecule has 1 heterocycles. The Labute approximate surface area is 124 Å². The summed E-state index contributed by atoms with van der Waals surface area (Å²) >= 11 is 0. The minimum atomic E-state index is 0.180. The molecule has 0 radical (unpaired) electrons. The van der Waals surface area contributed by atoms with Gasteiger partial charge in [0.1, 0.15) is 0 Å². The predicted molar refractivity (Wildman–Crippen MR) is 85.6 cm³/mol. The molecule has 0 aliphatic carbocycles. The van der Waals surface area contributed by atoms with Crippen molar-refractivity contribution in [3.05, 3.63) is 18.2 Å². The Morgan fingerprint density at radius 1 is 1.15 bits per heavy atom. The van der Waals surface area contributed by atoms with E-state index in [1.165, 1.54) is 5.69 Å². The predicted octanol–water partition coefficient (Wildman–Crippen LogP) is 2.98. The molecule has 0 spiro atoms. The summed E-state index contributed by atoms with van der Waals surface area (Å²) in [6.45, 7) is 15.1. The summed E-state index contributed by atoms with van der Waals surface area (Å²) in [7, 11) is 0. The standard InChI is InChI=1S/C16H32N4/c1-11(2)14(12(3)4)8-19-15(7-17)16-9-18-10-20(16)13(5)6/h9-15,19H,7-8,17H2,1-6H3. The molecule has 1 rings (SSSR count). The van der Waals surface area contributed by atoms with Crippen molar-refractivity contribution in [3.8, 4) is 0 Å². The van der Waals surface area contributed by atoms with E-state index in [1.54, 1.807) is 0 Å². The lowest BCUT2D eigenvalue weighted by Crippen LogP contribution is -2.36. The number of rotatable bonds is 8. The van der Waals surface area contributed by atoms with Crippen LogP contribution in [0.5, 0.6) is 0 Å². The Morgan fingerprint density at radius 3 is 2.20 bits per heavy atom. The number of nitrogens with two attached hydrogens (primary N) is 1. The Kier molecular flexibility index (Phi) is 6.69. The van der Waals surface area contributed by atoms with Crippen molar-refractivity contribution in [2.75, 3.05) is 13.1 Å². The minimum absolute atomic E-state index is 0.180. The maximum absolute atomic E-state index is 5.97. The van der Waals surface area contributed by atoms with Crippen LogP contribution < -0.4 is 11.1 Å². The highest BCUT2D eigenvalue weighted by atomic mass is 15.1. The van der Waals surface area contributed by atoms with Crippen molar-refractivity contribution >= 4 is 0 Å². The summed E-state index contributed by atoms with van der Waals surface area (Å²) in [6, 6.07) is 0.592. The third-order valence-electron chi connectivity index (χ3n) is 4.16. The van der Waals surface area contributed by atoms with E-state index in [2.05, 4.69) is 56.4 Å². The van der Waals surface area contributed by atoms with Gasteiger partial charge >= 0.3 is 0 Å². The first-order valence-electron chi connectivity index (χ1n) is 7.83. The molecule has 1 aromatic heterocycles. The first-order valence-corrected chi connectivity index (χ1v) is 7.83. The number of nitrogens with zero attached hydrogens (tertiary/aromatic N) is 2. The van der Waals surface area contributed by atoms with Crippen LogP contribution in [0, 0.1) is 17.8 Å². The normalized spacial score (nSPS) is 13.9. The molecule has 116 valence electrons. The van der Waals surface area contributed by atoms with Gasteiger partial charge in [0.25, 0.3) is 0 Å². The Balaban J connectivity index is 2.74. The summed E-state index contributed by atoms with van der Waals surface area (Å²) in [5.41, 5.74) is 7.16. The molecule has 1 atom stereocenters. The highest BCUT2D eigenvalue weighted by molar-refractivity contribution is 5.07. The smallest absolute Gasteiger partial charge is 0.0951 e. The number of hydrogen-bond donors (Lipinski definition) is 2. The molecule has 1 aromatic rings. The van der Waals surface area contributed by atoms with Gasteiger partial charge in [-0.15, -0.1) is 0 Å². The second kappa shape index (κ2) is 7.79. The topological polar surface area (TPSA) is 55.9 Å². The van der Waals surface area contributed by atoms with Crippen LogP contribution in [-0.2, 0) is 0 Å². The van der Waals surface area contributed by atoms with Gasteiger partial charge in [-0.3, -0.25) is 0 Å². The summed E-state index contributed by atoms with van der Waals surface area (Å²) in [6.07, 6.45) is 3.83. The number of imidazole rings is 1. The molecule has 0 aliphatic rings. The first kappa shape index (κ1) is 17.2. The van der Waals surface area contributed by atoms with Gasteiger partial charge in [0, 0.05) is 18.8 Å². The lowest BCUT2D eigenvalue weighted by Gasteiger charge is -2.28. The number of aromatic nitrogens is 2. The van der Waals surface area contributed by atoms with Gasteiger partial charge in [0.05, 0.1) is 18.1 Å². The van der Waals surface area contributed by atoms with Crippen LogP contribution in [0.25, 0.3) is 0 Å². The van der Waals surface area contributed by atoms with Gasteiger partial charge in [-0.25, -0.2) is 4.98 Å². The van der Waals surface area contributed by atoms with E-state index in [9.17, 15) is 0 Å². The lowest BCUT2D eigenvalue weighted by atomic mass is 9.85. The highest BCUT2D eigenvalue weighted by Crippen LogP contribution is 2.22. The highest BCUT2D eigenvalue weighted by Gasteiger charge is 2.21. The van der Waals surface area contributed by atoms with E-state index in [0.29, 0.717) is 30.3 Å². The monoisotopic (exact) mass is 280 g/mol. The molecule has 0 bridgehead atoms. The molecule has 0 saturated heterocycles. The molecule has 1 unspecified atom stereocenters. The average Bonchev–Trinajstić information content (AvgIpc) is 2.82. The van der Waals surface area contributed by atoms with E-state index in [0.717, 1.165) is 6.54 Å². The maximum atomic E-state index is 5.97. The van der Waals surface area contributed by atoms with E-state index in [4.69, 9.17) is 5.73 Å². The fourth-order valence-electron chi connectivity index (χ4n) is 2.84. The molecule has 0 fully saturated rings. The molecule has 20 heavy (non-hydrogen) atoms. The Morgan fingerprint density at radius 2 is 1.75 bits per heavy atom. The third kappa shape index (κ3) is 4.32. The summed E-state index contributed by atoms with van der Waals surface area (Å²) in [5.74, 6) is 2.02. The van der Waals surface area contributed by atoms with Crippen LogP contribution in [0.2, 0.25) is 0 Å². The summed E-state index contributed by atoms with van der Waals surface area (Å²) in [5, 5.41) is 3.64. The molecule has 0 saturated carbocycles. The maximum Gasteiger partial charge on any atom is 0.0951 e. The zero-order valence-corrected chi connectivity index (χ0v) is 13.9. The molecular weight excluding hydrogens is 248 g/mol. The van der Waals surface area contributed by atoms with E-state index in [1.807, 2.05) is 12.5 Å². The van der Waals surface area contributed by atoms with Gasteiger partial charge in [-0.1, -0.05) is 27.7 Å². The van der Waals surface area contributed by atoms with Gasteiger partial charge in [0.15, 0.2) is 0 Å². The molecular formula is C16H32N4. The zero-order valence-electron chi connectivity index (χ0n) is 13.9. The third-order valence-corrected chi connectivity index (χ3v) is 4.16. The average molecular weight is 280 g/mol. The van der Waals surface area contributed by atoms with Gasteiger partial charge < -0.3 is 15.6 Å². The largest absolute Gasteiger partial charge is 0.331 e. The quantitative estimate of drug-likeness (QED) is 0.769. The Bertz CT molecular complexity index is 374. The molecule has 0 amide bonds. The zero-order chi connectivity index (χ0) is 15.3. The van der Waals surface area contributed by atoms with Crippen LogP contribution in [-0.4, -0.2) is 22.6 Å². The van der Waals surface area contributed by atoms with Crippen molar-refractivity contribution in [1.29, 1.82) is 0 Å². The fraction of sp³-hybridized carbons (Fsp3) is 0.812. The van der Waals surface area contributed by atoms with Crippen LogP contribution in [0.3, 0.4) is 0 Å². The van der Waals surface area contributed by atoms with E-state index >= 15 is 0 Å². The molecule has 4 heteroatoms. The Hall–Kier alpha value is -0.870. The van der Waals surface area contributed by atoms with Crippen molar-refractivity contribution < 1.29 is 0 Å². The van der Waals surface area contributed by atoms with Crippen molar-refractivity contribution in [1.82, 2.24) is 14.9 Å². The minimum Gasteiger partial charge on any atom is -0.331 e. The van der Waals surface area contributed by atoms with Crippen molar-refractivity contribution in [3.63, 3.8) is 0 Å². The number of nitrogens with one attached hydrogen (secondary N) is 1. The van der Waals surface area contributed by atoms with Crippen LogP contribution in [0.4, 0.5) is 0 Å². The van der Waals surface area contributed by atoms with Gasteiger partial charge in [-0.2, -0.15) is 0 Å². The van der Waals surface area contributed by atoms with Gasteiger partial charge in [-0.05, 0) is 38.1 Å². The molecule has 0 aromatic carbocycles. The molecule has 0 aliphatic heterocycles. The fourth-order valence-corrected chi connectivity index (χ4v) is 2.84. The van der Waals surface area contributed by atoms with E-state index in [-0.39, 0.29) is 6.04 Å².